The van der Waals surface area contributed by atoms with Crippen LogP contribution in [-0.4, -0.2) is 19.5 Å². The zero-order valence-electron chi connectivity index (χ0n) is 14.2. The van der Waals surface area contributed by atoms with Crippen molar-refractivity contribution >= 4 is 17.4 Å². The molecule has 0 saturated carbocycles. The zero-order chi connectivity index (χ0) is 16.5. The van der Waals surface area contributed by atoms with Crippen molar-refractivity contribution in [2.45, 2.75) is 47.5 Å². The van der Waals surface area contributed by atoms with Gasteiger partial charge in [0.1, 0.15) is 5.78 Å². The second-order valence-corrected chi connectivity index (χ2v) is 6.05. The van der Waals surface area contributed by atoms with E-state index in [1.54, 1.807) is 7.11 Å². The van der Waals surface area contributed by atoms with Gasteiger partial charge in [0.2, 0.25) is 0 Å². The maximum Gasteiger partial charge on any atom is 0.144 e. The van der Waals surface area contributed by atoms with Gasteiger partial charge in [-0.3, -0.25) is 4.79 Å². The Morgan fingerprint density at radius 2 is 1.76 bits per heavy atom. The number of carbonyl (C=O) groups excluding carboxylic acids is 1. The van der Waals surface area contributed by atoms with Crippen molar-refractivity contribution in [3.63, 3.8) is 0 Å². The summed E-state index contributed by atoms with van der Waals surface area (Å²) >= 11 is 5.88. The van der Waals surface area contributed by atoms with Gasteiger partial charge in [0.05, 0.1) is 6.61 Å². The lowest BCUT2D eigenvalue weighted by molar-refractivity contribution is -0.134. The van der Waals surface area contributed by atoms with Crippen LogP contribution in [0.2, 0.25) is 5.02 Å². The minimum atomic E-state index is -0.429. The molecule has 2 nitrogen and oxygen atoms in total. The maximum atomic E-state index is 12.6. The first-order valence-electron chi connectivity index (χ1n) is 7.68. The monoisotopic (exact) mass is 312 g/mol. The summed E-state index contributed by atoms with van der Waals surface area (Å²) in [4.78, 5) is 12.6. The van der Waals surface area contributed by atoms with E-state index in [-0.39, 0.29) is 11.7 Å². The molecule has 0 heterocycles. The van der Waals surface area contributed by atoms with E-state index in [1.165, 1.54) is 0 Å². The van der Waals surface area contributed by atoms with Gasteiger partial charge in [-0.15, -0.1) is 0 Å². The molecule has 21 heavy (non-hydrogen) atoms. The first kappa shape index (κ1) is 20.1. The standard InChI is InChI=1S/C16H23ClO2.C2H6/c1-5-13(15(18)16(2,3)11-19-4)10-12-6-8-14(17)9-7-12;1-2/h6-9,13H,5,10-11H2,1-4H3;1-2H3. The Morgan fingerprint density at radius 1 is 1.24 bits per heavy atom. The molecule has 1 aromatic rings. The number of ketones is 1. The van der Waals surface area contributed by atoms with Crippen molar-refractivity contribution < 1.29 is 9.53 Å². The molecule has 3 heteroatoms. The Balaban J connectivity index is 0.00000191. The predicted octanol–water partition coefficient (Wildman–Crippen LogP) is 5.18. The fourth-order valence-electron chi connectivity index (χ4n) is 2.31. The number of halogens is 1. The van der Waals surface area contributed by atoms with Gasteiger partial charge in [0.15, 0.2) is 0 Å². The number of carbonyl (C=O) groups is 1. The summed E-state index contributed by atoms with van der Waals surface area (Å²) in [5.74, 6) is 0.304. The number of rotatable bonds is 7. The smallest absolute Gasteiger partial charge is 0.144 e. The average molecular weight is 313 g/mol. The van der Waals surface area contributed by atoms with Crippen molar-refractivity contribution in [3.8, 4) is 0 Å². The third-order valence-electron chi connectivity index (χ3n) is 3.43. The van der Waals surface area contributed by atoms with Gasteiger partial charge in [0.25, 0.3) is 0 Å². The van der Waals surface area contributed by atoms with Gasteiger partial charge in [0, 0.05) is 23.5 Å². The summed E-state index contributed by atoms with van der Waals surface area (Å²) in [5, 5.41) is 0.725. The minimum Gasteiger partial charge on any atom is -0.384 e. The number of Topliss-reactive ketones (excluding diaryl/α,β-unsaturated/α-hetero) is 1. The number of hydrogen-bond acceptors (Lipinski definition) is 2. The summed E-state index contributed by atoms with van der Waals surface area (Å²) in [6.45, 7) is 10.4. The van der Waals surface area contributed by atoms with Crippen LogP contribution in [0.3, 0.4) is 0 Å². The lowest BCUT2D eigenvalue weighted by atomic mass is 9.78. The van der Waals surface area contributed by atoms with E-state index in [2.05, 4.69) is 6.92 Å². The molecule has 0 aliphatic heterocycles. The molecule has 0 radical (unpaired) electrons. The molecule has 0 fully saturated rings. The molecule has 1 atom stereocenters. The topological polar surface area (TPSA) is 26.3 Å². The van der Waals surface area contributed by atoms with Crippen molar-refractivity contribution in [1.82, 2.24) is 0 Å². The highest BCUT2D eigenvalue weighted by Gasteiger charge is 2.32. The second-order valence-electron chi connectivity index (χ2n) is 5.62. The van der Waals surface area contributed by atoms with Crippen LogP contribution in [0.4, 0.5) is 0 Å². The van der Waals surface area contributed by atoms with Crippen molar-refractivity contribution in [3.05, 3.63) is 34.9 Å². The lowest BCUT2D eigenvalue weighted by Crippen LogP contribution is -2.35. The molecule has 0 amide bonds. The molecule has 0 aliphatic rings. The molecule has 1 unspecified atom stereocenters. The van der Waals surface area contributed by atoms with E-state index >= 15 is 0 Å². The number of benzene rings is 1. The first-order valence-corrected chi connectivity index (χ1v) is 8.06. The van der Waals surface area contributed by atoms with E-state index in [1.807, 2.05) is 52.0 Å². The van der Waals surface area contributed by atoms with Crippen LogP contribution < -0.4 is 0 Å². The van der Waals surface area contributed by atoms with Gasteiger partial charge < -0.3 is 4.74 Å². The Kier molecular flexibility index (Phi) is 9.56. The fourth-order valence-corrected chi connectivity index (χ4v) is 2.44. The lowest BCUT2D eigenvalue weighted by Gasteiger charge is -2.27. The highest BCUT2D eigenvalue weighted by molar-refractivity contribution is 6.30. The van der Waals surface area contributed by atoms with E-state index in [0.717, 1.165) is 23.4 Å². The number of methoxy groups -OCH3 is 1. The van der Waals surface area contributed by atoms with Crippen molar-refractivity contribution in [2.24, 2.45) is 11.3 Å². The van der Waals surface area contributed by atoms with Crippen molar-refractivity contribution in [2.75, 3.05) is 13.7 Å². The van der Waals surface area contributed by atoms with E-state index in [9.17, 15) is 4.79 Å². The molecule has 1 rings (SSSR count). The maximum absolute atomic E-state index is 12.6. The van der Waals surface area contributed by atoms with Gasteiger partial charge >= 0.3 is 0 Å². The Labute approximate surface area is 134 Å². The van der Waals surface area contributed by atoms with Gasteiger partial charge in [-0.2, -0.15) is 0 Å². The van der Waals surface area contributed by atoms with Crippen LogP contribution in [0.1, 0.15) is 46.6 Å². The summed E-state index contributed by atoms with van der Waals surface area (Å²) in [7, 11) is 1.63. The van der Waals surface area contributed by atoms with Gasteiger partial charge in [-0.1, -0.05) is 58.4 Å². The molecule has 0 saturated heterocycles. The predicted molar refractivity (Wildman–Crippen MR) is 90.9 cm³/mol. The minimum absolute atomic E-state index is 0.0336. The molecule has 120 valence electrons. The largest absolute Gasteiger partial charge is 0.384 e. The molecule has 0 bridgehead atoms. The SMILES string of the molecule is CC.CCC(Cc1ccc(Cl)cc1)C(=O)C(C)(C)COC. The number of ether oxygens (including phenoxy) is 1. The average Bonchev–Trinajstić information content (AvgIpc) is 2.48. The van der Waals surface area contributed by atoms with Crippen LogP contribution >= 0.6 is 11.6 Å². The molecule has 0 aliphatic carbocycles. The highest BCUT2D eigenvalue weighted by Crippen LogP contribution is 2.26. The molecule has 0 spiro atoms. The summed E-state index contributed by atoms with van der Waals surface area (Å²) in [6.07, 6.45) is 1.61. The van der Waals surface area contributed by atoms with Crippen LogP contribution in [0.15, 0.2) is 24.3 Å². The first-order chi connectivity index (χ1) is 9.90. The van der Waals surface area contributed by atoms with Crippen LogP contribution in [0.5, 0.6) is 0 Å². The Hall–Kier alpha value is -0.860. The third kappa shape index (κ3) is 6.62. The summed E-state index contributed by atoms with van der Waals surface area (Å²) in [6, 6.07) is 7.71. The van der Waals surface area contributed by atoms with Crippen molar-refractivity contribution in [1.29, 1.82) is 0 Å². The third-order valence-corrected chi connectivity index (χ3v) is 3.68. The quantitative estimate of drug-likeness (QED) is 0.693. The normalized spacial score (nSPS) is 12.3. The number of hydrogen-bond donors (Lipinski definition) is 0. The fraction of sp³-hybridized carbons (Fsp3) is 0.611. The van der Waals surface area contributed by atoms with Crippen LogP contribution in [0, 0.1) is 11.3 Å². The van der Waals surface area contributed by atoms with Crippen LogP contribution in [0.25, 0.3) is 0 Å². The molecule has 0 aromatic heterocycles. The molecule has 0 N–H and O–H groups in total. The van der Waals surface area contributed by atoms with Crippen LogP contribution in [-0.2, 0) is 16.0 Å². The summed E-state index contributed by atoms with van der Waals surface area (Å²) < 4.78 is 5.15. The van der Waals surface area contributed by atoms with E-state index < -0.39 is 5.41 Å². The highest BCUT2D eigenvalue weighted by atomic mass is 35.5. The Bertz CT molecular complexity index is 410. The molecular formula is C18H29ClO2. The van der Waals surface area contributed by atoms with Gasteiger partial charge in [-0.05, 0) is 30.5 Å². The molecule has 1 aromatic carbocycles. The Morgan fingerprint density at radius 3 is 2.19 bits per heavy atom. The molecular weight excluding hydrogens is 284 g/mol. The van der Waals surface area contributed by atoms with Gasteiger partial charge in [-0.25, -0.2) is 0 Å². The zero-order valence-corrected chi connectivity index (χ0v) is 15.0. The van der Waals surface area contributed by atoms with E-state index in [4.69, 9.17) is 16.3 Å². The summed E-state index contributed by atoms with van der Waals surface area (Å²) in [5.41, 5.74) is 0.722. The van der Waals surface area contributed by atoms with E-state index in [0.29, 0.717) is 6.61 Å². The second kappa shape index (κ2) is 9.97.